The minimum atomic E-state index is -0.583. The van der Waals surface area contributed by atoms with Crippen molar-refractivity contribution in [1.82, 2.24) is 15.0 Å². The number of fused-ring (bicyclic) bond motifs is 1. The number of primary amides is 1. The van der Waals surface area contributed by atoms with Gasteiger partial charge in [0, 0.05) is 18.2 Å². The van der Waals surface area contributed by atoms with Crippen LogP contribution in [0.5, 0.6) is 0 Å². The molecule has 2 aromatic rings. The Labute approximate surface area is 150 Å². The monoisotopic (exact) mass is 356 g/mol. The number of carbonyl (C=O) groups is 1. The molecular formula is C17H20N6OS. The van der Waals surface area contributed by atoms with E-state index < -0.39 is 5.91 Å². The van der Waals surface area contributed by atoms with Crippen LogP contribution in [0.2, 0.25) is 0 Å². The molecule has 0 spiro atoms. The molecule has 2 heterocycles. The number of aromatic nitrogens is 3. The summed E-state index contributed by atoms with van der Waals surface area (Å²) < 4.78 is 0. The third-order valence-corrected chi connectivity index (χ3v) is 4.94. The summed E-state index contributed by atoms with van der Waals surface area (Å²) in [7, 11) is 0. The Morgan fingerprint density at radius 2 is 2.12 bits per heavy atom. The third kappa shape index (κ3) is 3.75. The molecule has 0 saturated carbocycles. The lowest BCUT2D eigenvalue weighted by Gasteiger charge is -2.17. The molecule has 0 fully saturated rings. The topological polar surface area (TPSA) is 111 Å². The van der Waals surface area contributed by atoms with E-state index in [1.54, 1.807) is 13.1 Å². The van der Waals surface area contributed by atoms with Gasteiger partial charge in [-0.05, 0) is 31.5 Å². The van der Waals surface area contributed by atoms with Crippen molar-refractivity contribution in [2.75, 3.05) is 18.0 Å². The van der Waals surface area contributed by atoms with Crippen molar-refractivity contribution < 1.29 is 4.79 Å². The summed E-state index contributed by atoms with van der Waals surface area (Å²) in [4.78, 5) is 26.5. The first kappa shape index (κ1) is 17.2. The van der Waals surface area contributed by atoms with E-state index in [0.29, 0.717) is 23.3 Å². The van der Waals surface area contributed by atoms with Gasteiger partial charge in [-0.1, -0.05) is 29.5 Å². The molecule has 7 nitrogen and oxygen atoms in total. The van der Waals surface area contributed by atoms with Gasteiger partial charge in [0.05, 0.1) is 11.2 Å². The van der Waals surface area contributed by atoms with E-state index in [9.17, 15) is 4.79 Å². The quantitative estimate of drug-likeness (QED) is 0.867. The highest BCUT2D eigenvalue weighted by molar-refractivity contribution is 7.12. The Kier molecular flexibility index (Phi) is 5.20. The second-order valence-electron chi connectivity index (χ2n) is 5.72. The molecule has 1 aromatic carbocycles. The SMILES string of the molecule is Cc1ncnc(N2CC(CCN)c3ccccc32)cnc(C(N)=O)s1. The maximum Gasteiger partial charge on any atom is 0.277 e. The number of hydrogen-bond donors (Lipinski definition) is 2. The Morgan fingerprint density at radius 3 is 2.88 bits per heavy atom. The number of nitrogens with two attached hydrogens (primary N) is 2. The van der Waals surface area contributed by atoms with Gasteiger partial charge in [0.2, 0.25) is 0 Å². The van der Waals surface area contributed by atoms with Crippen LogP contribution in [0.4, 0.5) is 11.5 Å². The number of para-hydroxylation sites is 1. The van der Waals surface area contributed by atoms with Crippen LogP contribution in [0, 0.1) is 6.92 Å². The Balaban J connectivity index is 2.09. The molecule has 0 aliphatic carbocycles. The lowest BCUT2D eigenvalue weighted by molar-refractivity contribution is 0.0999. The zero-order valence-corrected chi connectivity index (χ0v) is 14.7. The van der Waals surface area contributed by atoms with Crippen molar-refractivity contribution in [3.63, 3.8) is 0 Å². The van der Waals surface area contributed by atoms with E-state index in [1.807, 2.05) is 12.1 Å². The van der Waals surface area contributed by atoms with Crippen molar-refractivity contribution in [2.45, 2.75) is 19.3 Å². The summed E-state index contributed by atoms with van der Waals surface area (Å²) in [5, 5.41) is 0.842. The first-order valence-electron chi connectivity index (χ1n) is 7.99. The number of carbonyl (C=O) groups excluding carboxylic acids is 1. The van der Waals surface area contributed by atoms with Gasteiger partial charge >= 0.3 is 0 Å². The van der Waals surface area contributed by atoms with Gasteiger partial charge in [-0.2, -0.15) is 0 Å². The van der Waals surface area contributed by atoms with Gasteiger partial charge in [-0.15, -0.1) is 0 Å². The minimum absolute atomic E-state index is 0.190. The molecule has 1 atom stereocenters. The molecule has 1 unspecified atom stereocenters. The van der Waals surface area contributed by atoms with Crippen LogP contribution < -0.4 is 16.4 Å². The number of benzene rings is 1. The lowest BCUT2D eigenvalue weighted by atomic mass is 9.98. The summed E-state index contributed by atoms with van der Waals surface area (Å²) in [5.41, 5.74) is 13.5. The van der Waals surface area contributed by atoms with Crippen molar-refractivity contribution in [3.05, 3.63) is 52.4 Å². The molecule has 1 aliphatic heterocycles. The lowest BCUT2D eigenvalue weighted by Crippen LogP contribution is -2.18. The summed E-state index contributed by atoms with van der Waals surface area (Å²) in [6.07, 6.45) is 3.94. The second-order valence-corrected chi connectivity index (χ2v) is 6.91. The second kappa shape index (κ2) is 7.54. The van der Waals surface area contributed by atoms with E-state index in [4.69, 9.17) is 11.5 Å². The van der Waals surface area contributed by atoms with Crippen LogP contribution in [-0.4, -0.2) is 33.9 Å². The average Bonchev–Trinajstić information content (AvgIpc) is 2.98. The largest absolute Gasteiger partial charge is 0.364 e. The smallest absolute Gasteiger partial charge is 0.277 e. The fourth-order valence-electron chi connectivity index (χ4n) is 2.93. The molecule has 0 bridgehead atoms. The zero-order valence-electron chi connectivity index (χ0n) is 13.9. The summed E-state index contributed by atoms with van der Waals surface area (Å²) in [6, 6.07) is 8.19. The van der Waals surface area contributed by atoms with Gasteiger partial charge in [0.25, 0.3) is 5.91 Å². The van der Waals surface area contributed by atoms with Gasteiger partial charge < -0.3 is 16.4 Å². The molecule has 8 heteroatoms. The Morgan fingerprint density at radius 1 is 1.32 bits per heavy atom. The number of anilines is 2. The van der Waals surface area contributed by atoms with E-state index in [2.05, 4.69) is 32.0 Å². The van der Waals surface area contributed by atoms with Crippen LogP contribution in [0.1, 0.15) is 32.7 Å². The van der Waals surface area contributed by atoms with Crippen LogP contribution in [0.3, 0.4) is 0 Å². The first-order chi connectivity index (χ1) is 12.1. The molecule has 1 aromatic heterocycles. The van der Waals surface area contributed by atoms with Gasteiger partial charge in [0.1, 0.15) is 6.33 Å². The normalized spacial score (nSPS) is 15.6. The zero-order chi connectivity index (χ0) is 17.8. The molecule has 25 heavy (non-hydrogen) atoms. The minimum Gasteiger partial charge on any atom is -0.364 e. The van der Waals surface area contributed by atoms with E-state index in [0.717, 1.165) is 30.0 Å². The van der Waals surface area contributed by atoms with Gasteiger partial charge in [-0.25, -0.2) is 15.0 Å². The molecule has 3 rings (SSSR count). The van der Waals surface area contributed by atoms with Crippen molar-refractivity contribution >= 4 is 28.7 Å². The standard InChI is InChI=1S/C17H20N6OS/c1-11-21-10-22-15(8-20-17(25-11)16(19)24)23-9-12(6-7-18)13-4-2-3-5-14(13)23/h2-5,8,10,12H,6-7,9,18H2,1H3,(H2,19,24). The fourth-order valence-corrected chi connectivity index (χ4v) is 3.51. The Bertz CT molecular complexity index is 835. The average molecular weight is 356 g/mol. The highest BCUT2D eigenvalue weighted by Gasteiger charge is 2.29. The number of nitrogens with zero attached hydrogens (tertiary/aromatic N) is 4. The Hall–Kier alpha value is -2.58. The maximum absolute atomic E-state index is 11.6. The van der Waals surface area contributed by atoms with Crippen LogP contribution in [0.15, 0.2) is 36.8 Å². The molecule has 1 aliphatic rings. The highest BCUT2D eigenvalue weighted by Crippen LogP contribution is 2.40. The van der Waals surface area contributed by atoms with E-state index in [-0.39, 0.29) is 5.01 Å². The van der Waals surface area contributed by atoms with Crippen molar-refractivity contribution in [1.29, 1.82) is 0 Å². The number of amides is 1. The summed E-state index contributed by atoms with van der Waals surface area (Å²) in [5.74, 6) is 0.369. The van der Waals surface area contributed by atoms with Crippen LogP contribution in [-0.2, 0) is 0 Å². The summed E-state index contributed by atoms with van der Waals surface area (Å²) >= 11 is 1.14. The van der Waals surface area contributed by atoms with E-state index >= 15 is 0 Å². The molecule has 4 N–H and O–H groups in total. The molecule has 130 valence electrons. The van der Waals surface area contributed by atoms with Gasteiger partial charge in [-0.3, -0.25) is 4.79 Å². The van der Waals surface area contributed by atoms with Crippen molar-refractivity contribution in [2.24, 2.45) is 11.5 Å². The van der Waals surface area contributed by atoms with Crippen LogP contribution >= 0.6 is 11.3 Å². The fraction of sp³-hybridized carbons (Fsp3) is 0.294. The number of rotatable bonds is 4. The predicted octanol–water partition coefficient (Wildman–Crippen LogP) is 2.05. The highest BCUT2D eigenvalue weighted by atomic mass is 32.1. The molecule has 1 amide bonds. The van der Waals surface area contributed by atoms with Crippen molar-refractivity contribution in [3.8, 4) is 0 Å². The predicted molar refractivity (Wildman–Crippen MR) is 98.4 cm³/mol. The third-order valence-electron chi connectivity index (χ3n) is 4.04. The van der Waals surface area contributed by atoms with Crippen LogP contribution in [0.25, 0.3) is 0 Å². The number of hydrogen-bond acceptors (Lipinski definition) is 7. The first-order valence-corrected chi connectivity index (χ1v) is 8.81. The molecule has 0 saturated heterocycles. The maximum atomic E-state index is 11.6. The molecular weight excluding hydrogens is 336 g/mol. The van der Waals surface area contributed by atoms with E-state index in [1.165, 1.54) is 11.9 Å². The summed E-state index contributed by atoms with van der Waals surface area (Å²) in [6.45, 7) is 3.17. The van der Waals surface area contributed by atoms with Gasteiger partial charge in [0.15, 0.2) is 10.8 Å². The molecule has 0 radical (unpaired) electrons. The number of aryl methyl sites for hydroxylation is 1.